The molecule has 0 radical (unpaired) electrons. The first-order valence-electron chi connectivity index (χ1n) is 5.50. The van der Waals surface area contributed by atoms with Crippen LogP contribution in [0.15, 0.2) is 34.2 Å². The molecule has 2 aromatic heterocycles. The topological polar surface area (TPSA) is 52.0 Å². The van der Waals surface area contributed by atoms with Crippen LogP contribution in [0.1, 0.15) is 22.4 Å². The van der Waals surface area contributed by atoms with Crippen LogP contribution in [0.4, 0.5) is 0 Å². The number of aromatic nitrogens is 1. The second-order valence-electron chi connectivity index (χ2n) is 4.09. The summed E-state index contributed by atoms with van der Waals surface area (Å²) in [5, 5.41) is 1.57. The van der Waals surface area contributed by atoms with Gasteiger partial charge in [0.05, 0.1) is 27.1 Å². The Labute approximate surface area is 113 Å². The van der Waals surface area contributed by atoms with Gasteiger partial charge < -0.3 is 10.2 Å². The van der Waals surface area contributed by atoms with Crippen molar-refractivity contribution in [2.75, 3.05) is 0 Å². The Bertz CT molecular complexity index is 704. The molecule has 0 bridgehead atoms. The Morgan fingerprint density at radius 3 is 2.94 bits per heavy atom. The second kappa shape index (κ2) is 4.39. The van der Waals surface area contributed by atoms with E-state index in [1.165, 1.54) is 11.3 Å². The summed E-state index contributed by atoms with van der Waals surface area (Å²) in [6, 6.07) is 7.31. The molecule has 2 heterocycles. The smallest absolute Gasteiger partial charge is 0.152 e. The number of para-hydroxylation sites is 1. The summed E-state index contributed by atoms with van der Waals surface area (Å²) in [6.07, 6.45) is 0. The first-order valence-corrected chi connectivity index (χ1v) is 6.76. The van der Waals surface area contributed by atoms with E-state index in [1.54, 1.807) is 11.6 Å². The number of aryl methyl sites for hydroxylation is 1. The van der Waals surface area contributed by atoms with Gasteiger partial charge in [-0.25, -0.2) is 4.98 Å². The number of thiazole rings is 1. The van der Waals surface area contributed by atoms with Crippen molar-refractivity contribution in [3.63, 3.8) is 0 Å². The molecule has 0 aliphatic rings. The fraction of sp³-hybridized carbons (Fsp3) is 0.154. The molecule has 0 fully saturated rings. The van der Waals surface area contributed by atoms with Crippen LogP contribution in [0.25, 0.3) is 11.0 Å². The van der Waals surface area contributed by atoms with Gasteiger partial charge in [0.2, 0.25) is 0 Å². The number of nitrogens with zero attached hydrogens (tertiary/aromatic N) is 1. The minimum Gasteiger partial charge on any atom is -0.457 e. The van der Waals surface area contributed by atoms with Crippen LogP contribution in [0.5, 0.6) is 0 Å². The van der Waals surface area contributed by atoms with Crippen LogP contribution in [-0.4, -0.2) is 4.98 Å². The molecule has 18 heavy (non-hydrogen) atoms. The van der Waals surface area contributed by atoms with Crippen molar-refractivity contribution in [3.8, 4) is 0 Å². The molecule has 2 N–H and O–H groups in total. The molecule has 0 saturated carbocycles. The van der Waals surface area contributed by atoms with E-state index in [9.17, 15) is 0 Å². The normalized spacial score (nSPS) is 13.1. The van der Waals surface area contributed by atoms with E-state index in [2.05, 4.69) is 4.98 Å². The van der Waals surface area contributed by atoms with Gasteiger partial charge >= 0.3 is 0 Å². The van der Waals surface area contributed by atoms with Crippen molar-refractivity contribution < 1.29 is 4.42 Å². The van der Waals surface area contributed by atoms with E-state index < -0.39 is 0 Å². The van der Waals surface area contributed by atoms with Gasteiger partial charge in [-0.05, 0) is 19.1 Å². The number of rotatable bonds is 2. The summed E-state index contributed by atoms with van der Waals surface area (Å²) in [7, 11) is 0. The lowest BCUT2D eigenvalue weighted by molar-refractivity contribution is 0.527. The first kappa shape index (κ1) is 11.7. The van der Waals surface area contributed by atoms with E-state index in [0.717, 1.165) is 16.0 Å². The minimum atomic E-state index is -0.291. The maximum Gasteiger partial charge on any atom is 0.152 e. The average molecular weight is 279 g/mol. The van der Waals surface area contributed by atoms with Crippen LogP contribution in [0.2, 0.25) is 5.02 Å². The van der Waals surface area contributed by atoms with Crippen molar-refractivity contribution >= 4 is 33.9 Å². The van der Waals surface area contributed by atoms with Gasteiger partial charge in [0.25, 0.3) is 0 Å². The van der Waals surface area contributed by atoms with Crippen molar-refractivity contribution in [1.82, 2.24) is 4.98 Å². The molecule has 0 amide bonds. The van der Waals surface area contributed by atoms with E-state index >= 15 is 0 Å². The third-order valence-electron chi connectivity index (χ3n) is 2.89. The number of furan rings is 1. The molecular weight excluding hydrogens is 268 g/mol. The van der Waals surface area contributed by atoms with E-state index in [0.29, 0.717) is 16.4 Å². The lowest BCUT2D eigenvalue weighted by Gasteiger charge is -2.06. The zero-order valence-corrected chi connectivity index (χ0v) is 11.3. The van der Waals surface area contributed by atoms with Gasteiger partial charge in [-0.15, -0.1) is 11.3 Å². The van der Waals surface area contributed by atoms with Gasteiger partial charge in [-0.3, -0.25) is 0 Å². The zero-order chi connectivity index (χ0) is 12.7. The van der Waals surface area contributed by atoms with Crippen LogP contribution in [-0.2, 0) is 0 Å². The average Bonchev–Trinajstić information content (AvgIpc) is 2.95. The van der Waals surface area contributed by atoms with Crippen LogP contribution >= 0.6 is 22.9 Å². The molecule has 0 aliphatic heterocycles. The van der Waals surface area contributed by atoms with Gasteiger partial charge in [0, 0.05) is 5.39 Å². The molecule has 0 spiro atoms. The molecule has 1 aromatic carbocycles. The third kappa shape index (κ3) is 1.82. The van der Waals surface area contributed by atoms with E-state index in [-0.39, 0.29) is 6.04 Å². The zero-order valence-electron chi connectivity index (χ0n) is 9.68. The summed E-state index contributed by atoms with van der Waals surface area (Å²) in [5.41, 5.74) is 9.63. The Morgan fingerprint density at radius 2 is 2.28 bits per heavy atom. The maximum atomic E-state index is 6.21. The molecule has 3 nitrogen and oxygen atoms in total. The quantitative estimate of drug-likeness (QED) is 0.773. The van der Waals surface area contributed by atoms with Crippen molar-refractivity contribution in [3.05, 3.63) is 51.1 Å². The van der Waals surface area contributed by atoms with Crippen molar-refractivity contribution in [2.24, 2.45) is 5.73 Å². The largest absolute Gasteiger partial charge is 0.457 e. The number of fused-ring (bicyclic) bond motifs is 1. The Kier molecular flexibility index (Phi) is 2.86. The lowest BCUT2D eigenvalue weighted by Crippen LogP contribution is -2.10. The minimum absolute atomic E-state index is 0.291. The van der Waals surface area contributed by atoms with Gasteiger partial charge in [-0.1, -0.05) is 23.7 Å². The molecule has 5 heteroatoms. The summed E-state index contributed by atoms with van der Waals surface area (Å²) >= 11 is 7.62. The number of hydrogen-bond donors (Lipinski definition) is 1. The molecule has 92 valence electrons. The second-order valence-corrected chi connectivity index (χ2v) is 5.38. The number of nitrogens with two attached hydrogens (primary N) is 1. The summed E-state index contributed by atoms with van der Waals surface area (Å²) in [5.74, 6) is 0.713. The molecule has 3 rings (SSSR count). The van der Waals surface area contributed by atoms with Crippen LogP contribution < -0.4 is 5.73 Å². The summed E-state index contributed by atoms with van der Waals surface area (Å²) in [4.78, 5) is 5.22. The Morgan fingerprint density at radius 1 is 1.44 bits per heavy atom. The monoisotopic (exact) mass is 278 g/mol. The Hall–Kier alpha value is -1.36. The molecule has 1 atom stereocenters. The van der Waals surface area contributed by atoms with E-state index in [4.69, 9.17) is 21.8 Å². The van der Waals surface area contributed by atoms with Crippen molar-refractivity contribution in [1.29, 1.82) is 0 Å². The summed E-state index contributed by atoms with van der Waals surface area (Å²) in [6.45, 7) is 1.95. The fourth-order valence-corrected chi connectivity index (χ4v) is 2.97. The maximum absolute atomic E-state index is 6.21. The van der Waals surface area contributed by atoms with Crippen LogP contribution in [0, 0.1) is 6.92 Å². The number of hydrogen-bond acceptors (Lipinski definition) is 4. The first-order chi connectivity index (χ1) is 8.66. The highest BCUT2D eigenvalue weighted by Crippen LogP contribution is 2.32. The Balaban J connectivity index is 2.10. The summed E-state index contributed by atoms with van der Waals surface area (Å²) < 4.78 is 5.76. The van der Waals surface area contributed by atoms with Gasteiger partial charge in [0.15, 0.2) is 5.58 Å². The number of benzene rings is 1. The molecule has 0 saturated heterocycles. The molecule has 3 aromatic rings. The fourth-order valence-electron chi connectivity index (χ4n) is 1.94. The highest BCUT2D eigenvalue weighted by atomic mass is 35.5. The molecular formula is C13H11ClN2OS. The van der Waals surface area contributed by atoms with Crippen LogP contribution in [0.3, 0.4) is 0 Å². The van der Waals surface area contributed by atoms with Gasteiger partial charge in [-0.2, -0.15) is 0 Å². The lowest BCUT2D eigenvalue weighted by atomic mass is 10.1. The van der Waals surface area contributed by atoms with E-state index in [1.807, 2.05) is 25.1 Å². The SMILES string of the molecule is Cc1ncsc1C(N)c1cc2cccc(Cl)c2o1. The van der Waals surface area contributed by atoms with Gasteiger partial charge in [0.1, 0.15) is 5.76 Å². The third-order valence-corrected chi connectivity index (χ3v) is 4.20. The highest BCUT2D eigenvalue weighted by molar-refractivity contribution is 7.09. The number of halogens is 1. The molecule has 1 unspecified atom stereocenters. The predicted octanol–water partition coefficient (Wildman–Crippen LogP) is 3.90. The highest BCUT2D eigenvalue weighted by Gasteiger charge is 2.18. The molecule has 0 aliphatic carbocycles. The standard InChI is InChI=1S/C13H11ClN2OS/c1-7-13(18-6-16-7)11(15)10-5-8-3-2-4-9(14)12(8)17-10/h2-6,11H,15H2,1H3. The van der Waals surface area contributed by atoms with Crippen molar-refractivity contribution in [2.45, 2.75) is 13.0 Å². The predicted molar refractivity (Wildman–Crippen MR) is 74.1 cm³/mol.